The Kier molecular flexibility index (Phi) is 8.78. The van der Waals surface area contributed by atoms with E-state index in [0.717, 1.165) is 37.9 Å². The lowest BCUT2D eigenvalue weighted by atomic mass is 9.94. The number of rotatable bonds is 3. The van der Waals surface area contributed by atoms with Crippen molar-refractivity contribution in [2.45, 2.75) is 64.5 Å². The average molecular weight is 460 g/mol. The number of piperazine rings is 1. The summed E-state index contributed by atoms with van der Waals surface area (Å²) in [5, 5.41) is 0. The molecule has 2 aliphatic rings. The van der Waals surface area contributed by atoms with E-state index >= 15 is 0 Å². The summed E-state index contributed by atoms with van der Waals surface area (Å²) in [6, 6.07) is 9.41. The van der Waals surface area contributed by atoms with Gasteiger partial charge < -0.3 is 18.9 Å². The van der Waals surface area contributed by atoms with Gasteiger partial charge in [0.15, 0.2) is 11.6 Å². The summed E-state index contributed by atoms with van der Waals surface area (Å²) >= 11 is 0. The number of amides is 1. The van der Waals surface area contributed by atoms with Crippen molar-refractivity contribution in [1.82, 2.24) is 14.4 Å². The fourth-order valence-electron chi connectivity index (χ4n) is 4.36. The van der Waals surface area contributed by atoms with Crippen LogP contribution in [0.3, 0.4) is 0 Å². The number of aromatic nitrogens is 1. The van der Waals surface area contributed by atoms with Crippen LogP contribution in [0.4, 0.5) is 9.18 Å². The van der Waals surface area contributed by atoms with Gasteiger partial charge in [-0.1, -0.05) is 19.3 Å². The molecule has 1 aromatic heterocycles. The molecule has 0 unspecified atom stereocenters. The highest BCUT2D eigenvalue weighted by atomic mass is 19.1. The third kappa shape index (κ3) is 7.49. The number of carbonyl (C=O) groups excluding carboxylic acids is 1. The first kappa shape index (κ1) is 25.1. The molecule has 0 N–H and O–H groups in total. The zero-order valence-electron chi connectivity index (χ0n) is 20.4. The molecular formula is C26H38FN3O3. The maximum atomic E-state index is 13.3. The summed E-state index contributed by atoms with van der Waals surface area (Å²) < 4.78 is 25.4. The van der Waals surface area contributed by atoms with Gasteiger partial charge in [-0.15, -0.1) is 0 Å². The van der Waals surface area contributed by atoms with Crippen molar-refractivity contribution in [3.63, 3.8) is 0 Å². The molecular weight excluding hydrogens is 421 g/mol. The molecule has 182 valence electrons. The van der Waals surface area contributed by atoms with Crippen LogP contribution in [-0.2, 0) is 4.74 Å². The minimum absolute atomic E-state index is 0.157. The molecule has 1 amide bonds. The van der Waals surface area contributed by atoms with Gasteiger partial charge in [0.2, 0.25) is 0 Å². The van der Waals surface area contributed by atoms with Gasteiger partial charge in [-0.25, -0.2) is 9.18 Å². The number of halogens is 1. The molecule has 0 atom stereocenters. The van der Waals surface area contributed by atoms with Gasteiger partial charge in [0.25, 0.3) is 0 Å². The molecule has 1 saturated heterocycles. The molecule has 33 heavy (non-hydrogen) atoms. The Bertz CT molecular complexity index is 865. The van der Waals surface area contributed by atoms with Gasteiger partial charge in [-0.3, -0.25) is 4.90 Å². The fraction of sp³-hybridized carbons (Fsp3) is 0.577. The fourth-order valence-corrected chi connectivity index (χ4v) is 4.36. The number of nitrogens with zero attached hydrogens (tertiary/aromatic N) is 3. The predicted octanol–water partition coefficient (Wildman–Crippen LogP) is 5.50. The summed E-state index contributed by atoms with van der Waals surface area (Å²) in [4.78, 5) is 16.4. The minimum atomic E-state index is -0.391. The van der Waals surface area contributed by atoms with E-state index in [1.54, 1.807) is 6.07 Å². The van der Waals surface area contributed by atoms with E-state index in [1.165, 1.54) is 45.3 Å². The zero-order chi connectivity index (χ0) is 23.8. The summed E-state index contributed by atoms with van der Waals surface area (Å²) in [5.41, 5.74) is 0.394. The van der Waals surface area contributed by atoms with Crippen LogP contribution in [0.1, 0.15) is 52.9 Å². The molecule has 1 aliphatic carbocycles. The molecule has 2 fully saturated rings. The SMILES string of the molecule is CC(C)(C)OC(=O)N1CCN(C2CCCCC2)CC1.COc1ccc(-n2cccc2)cc1F. The van der Waals surface area contributed by atoms with Crippen molar-refractivity contribution in [3.8, 4) is 11.4 Å². The van der Waals surface area contributed by atoms with Gasteiger partial charge in [-0.05, 0) is 57.9 Å². The number of hydrogen-bond donors (Lipinski definition) is 0. The molecule has 0 radical (unpaired) electrons. The van der Waals surface area contributed by atoms with Gasteiger partial charge in [-0.2, -0.15) is 0 Å². The van der Waals surface area contributed by atoms with Gasteiger partial charge in [0.05, 0.1) is 7.11 Å². The van der Waals surface area contributed by atoms with Crippen LogP contribution < -0.4 is 4.74 Å². The predicted molar refractivity (Wildman–Crippen MR) is 129 cm³/mol. The van der Waals surface area contributed by atoms with Crippen molar-refractivity contribution >= 4 is 6.09 Å². The van der Waals surface area contributed by atoms with Crippen LogP contribution in [0.15, 0.2) is 42.7 Å². The van der Waals surface area contributed by atoms with Crippen molar-refractivity contribution in [2.75, 3.05) is 33.3 Å². The highest BCUT2D eigenvalue weighted by Crippen LogP contribution is 2.24. The van der Waals surface area contributed by atoms with Crippen LogP contribution in [-0.4, -0.2) is 65.4 Å². The lowest BCUT2D eigenvalue weighted by Gasteiger charge is -2.40. The molecule has 7 heteroatoms. The Balaban J connectivity index is 0.000000194. The maximum Gasteiger partial charge on any atom is 0.410 e. The van der Waals surface area contributed by atoms with Crippen LogP contribution in [0, 0.1) is 5.82 Å². The number of ether oxygens (including phenoxy) is 2. The van der Waals surface area contributed by atoms with Crippen molar-refractivity contribution in [2.24, 2.45) is 0 Å². The third-order valence-electron chi connectivity index (χ3n) is 6.10. The van der Waals surface area contributed by atoms with E-state index in [-0.39, 0.29) is 17.7 Å². The highest BCUT2D eigenvalue weighted by Gasteiger charge is 2.29. The van der Waals surface area contributed by atoms with Gasteiger partial charge in [0.1, 0.15) is 5.60 Å². The molecule has 4 rings (SSSR count). The smallest absolute Gasteiger partial charge is 0.410 e. The first-order valence-electron chi connectivity index (χ1n) is 12.0. The van der Waals surface area contributed by atoms with E-state index in [9.17, 15) is 9.18 Å². The second-order valence-corrected chi connectivity index (χ2v) is 9.70. The Labute approximate surface area is 197 Å². The standard InChI is InChI=1S/C15H28N2O2.C11H10FNO/c1-15(2,3)19-14(18)17-11-9-16(10-12-17)13-7-5-4-6-8-13;1-14-11-5-4-9(8-10(11)12)13-6-2-3-7-13/h13H,4-12H2,1-3H3;2-8H,1H3. The third-order valence-corrected chi connectivity index (χ3v) is 6.10. The van der Waals surface area contributed by atoms with Crippen LogP contribution in [0.25, 0.3) is 5.69 Å². The Morgan fingerprint density at radius 1 is 1.00 bits per heavy atom. The van der Waals surface area contributed by atoms with Gasteiger partial charge >= 0.3 is 6.09 Å². The summed E-state index contributed by atoms with van der Waals surface area (Å²) in [6.45, 7) is 9.39. The van der Waals surface area contributed by atoms with Crippen molar-refractivity contribution in [1.29, 1.82) is 0 Å². The maximum absolute atomic E-state index is 13.3. The van der Waals surface area contributed by atoms with E-state index in [1.807, 2.05) is 60.8 Å². The van der Waals surface area contributed by atoms with Gasteiger partial charge in [0, 0.05) is 56.4 Å². The number of hydrogen-bond acceptors (Lipinski definition) is 4. The largest absolute Gasteiger partial charge is 0.494 e. The number of benzene rings is 1. The lowest BCUT2D eigenvalue weighted by Crippen LogP contribution is -2.53. The Morgan fingerprint density at radius 2 is 1.64 bits per heavy atom. The lowest BCUT2D eigenvalue weighted by molar-refractivity contribution is 0.00823. The van der Waals surface area contributed by atoms with Crippen molar-refractivity contribution < 1.29 is 18.7 Å². The molecule has 2 heterocycles. The quantitative estimate of drug-likeness (QED) is 0.608. The highest BCUT2D eigenvalue weighted by molar-refractivity contribution is 5.68. The summed E-state index contributed by atoms with van der Waals surface area (Å²) in [6.07, 6.45) is 10.4. The topological polar surface area (TPSA) is 46.9 Å². The van der Waals surface area contributed by atoms with Crippen LogP contribution in [0.2, 0.25) is 0 Å². The number of methoxy groups -OCH3 is 1. The second-order valence-electron chi connectivity index (χ2n) is 9.70. The normalized spacial score (nSPS) is 17.8. The van der Waals surface area contributed by atoms with E-state index in [4.69, 9.17) is 9.47 Å². The van der Waals surface area contributed by atoms with Crippen LogP contribution in [0.5, 0.6) is 5.75 Å². The minimum Gasteiger partial charge on any atom is -0.494 e. The Morgan fingerprint density at radius 3 is 2.18 bits per heavy atom. The summed E-state index contributed by atoms with van der Waals surface area (Å²) in [7, 11) is 1.45. The summed E-state index contributed by atoms with van der Waals surface area (Å²) in [5.74, 6) is -0.0837. The van der Waals surface area contributed by atoms with E-state index < -0.39 is 5.60 Å². The van der Waals surface area contributed by atoms with E-state index in [0.29, 0.717) is 0 Å². The number of carbonyl (C=O) groups is 1. The zero-order valence-corrected chi connectivity index (χ0v) is 20.4. The molecule has 1 aromatic carbocycles. The monoisotopic (exact) mass is 459 g/mol. The molecule has 6 nitrogen and oxygen atoms in total. The molecule has 0 spiro atoms. The van der Waals surface area contributed by atoms with Crippen molar-refractivity contribution in [3.05, 3.63) is 48.5 Å². The second kappa shape index (κ2) is 11.5. The first-order chi connectivity index (χ1) is 15.8. The molecule has 1 aliphatic heterocycles. The molecule has 0 bridgehead atoms. The molecule has 1 saturated carbocycles. The van der Waals surface area contributed by atoms with E-state index in [2.05, 4.69) is 4.90 Å². The first-order valence-corrected chi connectivity index (χ1v) is 12.0. The van der Waals surface area contributed by atoms with Crippen LogP contribution >= 0.6 is 0 Å². The average Bonchev–Trinajstić information content (AvgIpc) is 3.34. The molecule has 2 aromatic rings. The Hall–Kier alpha value is -2.54.